The first kappa shape index (κ1) is 17.4. The fourth-order valence-corrected chi connectivity index (χ4v) is 3.10. The number of carbonyl (C=O) groups excluding carboxylic acids is 2. The molecule has 1 aliphatic rings. The highest BCUT2D eigenvalue weighted by Crippen LogP contribution is 2.20. The lowest BCUT2D eigenvalue weighted by atomic mass is 9.96. The Morgan fingerprint density at radius 1 is 1.20 bits per heavy atom. The molecule has 1 aromatic carbocycles. The molecule has 6 heteroatoms. The van der Waals surface area contributed by atoms with E-state index in [-0.39, 0.29) is 17.7 Å². The first-order valence-corrected chi connectivity index (χ1v) is 8.74. The summed E-state index contributed by atoms with van der Waals surface area (Å²) in [5, 5.41) is 3.52. The number of amides is 2. The first-order chi connectivity index (χ1) is 12.1. The molecule has 2 amide bonds. The zero-order chi connectivity index (χ0) is 17.6. The van der Waals surface area contributed by atoms with Crippen LogP contribution in [-0.2, 0) is 11.3 Å². The second-order valence-corrected chi connectivity index (χ2v) is 6.57. The van der Waals surface area contributed by atoms with Gasteiger partial charge in [-0.25, -0.2) is 0 Å². The van der Waals surface area contributed by atoms with E-state index in [1.54, 1.807) is 35.4 Å². The smallest absolute Gasteiger partial charge is 0.253 e. The number of nitrogens with one attached hydrogen (secondary N) is 1. The summed E-state index contributed by atoms with van der Waals surface area (Å²) in [5.41, 5.74) is 1.42. The summed E-state index contributed by atoms with van der Waals surface area (Å²) in [6.07, 6.45) is 3.31. The summed E-state index contributed by atoms with van der Waals surface area (Å²) in [6, 6.07) is 12.4. The number of piperidine rings is 1. The van der Waals surface area contributed by atoms with Gasteiger partial charge in [0.2, 0.25) is 5.91 Å². The Hall–Kier alpha value is -2.40. The van der Waals surface area contributed by atoms with Gasteiger partial charge < -0.3 is 10.2 Å². The van der Waals surface area contributed by atoms with Gasteiger partial charge >= 0.3 is 0 Å². The normalized spacial score (nSPS) is 17.2. The summed E-state index contributed by atoms with van der Waals surface area (Å²) in [7, 11) is 0. The van der Waals surface area contributed by atoms with Crippen LogP contribution < -0.4 is 5.32 Å². The van der Waals surface area contributed by atoms with Crippen LogP contribution in [0.4, 0.5) is 0 Å². The minimum Gasteiger partial charge on any atom is -0.350 e. The van der Waals surface area contributed by atoms with E-state index in [4.69, 9.17) is 11.6 Å². The highest BCUT2D eigenvalue weighted by Gasteiger charge is 2.28. The highest BCUT2D eigenvalue weighted by atomic mass is 35.5. The Balaban J connectivity index is 1.57. The second-order valence-electron chi connectivity index (χ2n) is 6.14. The Morgan fingerprint density at radius 3 is 2.72 bits per heavy atom. The van der Waals surface area contributed by atoms with Crippen molar-refractivity contribution in [2.75, 3.05) is 13.1 Å². The molecule has 0 spiro atoms. The van der Waals surface area contributed by atoms with Gasteiger partial charge in [0.15, 0.2) is 0 Å². The molecule has 0 bridgehead atoms. The first-order valence-electron chi connectivity index (χ1n) is 8.36. The van der Waals surface area contributed by atoms with Crippen LogP contribution in [0.1, 0.15) is 28.9 Å². The minimum absolute atomic E-state index is 0.0285. The van der Waals surface area contributed by atoms with Gasteiger partial charge in [-0.1, -0.05) is 17.7 Å². The van der Waals surface area contributed by atoms with E-state index in [0.29, 0.717) is 30.2 Å². The molecule has 1 N–H and O–H groups in total. The SMILES string of the molecule is O=C(NCc1ccccn1)[C@@H]1CCCN(C(=O)c2ccc(Cl)cc2)C1. The van der Waals surface area contributed by atoms with Crippen LogP contribution in [-0.4, -0.2) is 34.8 Å². The van der Waals surface area contributed by atoms with E-state index < -0.39 is 0 Å². The van der Waals surface area contributed by atoms with Gasteiger partial charge in [-0.15, -0.1) is 0 Å². The van der Waals surface area contributed by atoms with Crippen molar-refractivity contribution in [1.29, 1.82) is 0 Å². The molecule has 1 aliphatic heterocycles. The number of aromatic nitrogens is 1. The van der Waals surface area contributed by atoms with Crippen molar-refractivity contribution in [3.63, 3.8) is 0 Å². The molecule has 1 saturated heterocycles. The summed E-state index contributed by atoms with van der Waals surface area (Å²) in [5.74, 6) is -0.271. The Kier molecular flexibility index (Phi) is 5.66. The lowest BCUT2D eigenvalue weighted by molar-refractivity contribution is -0.126. The fourth-order valence-electron chi connectivity index (χ4n) is 2.98. The van der Waals surface area contributed by atoms with Crippen molar-refractivity contribution in [2.24, 2.45) is 5.92 Å². The van der Waals surface area contributed by atoms with Crippen molar-refractivity contribution in [2.45, 2.75) is 19.4 Å². The third-order valence-corrected chi connectivity index (χ3v) is 4.59. The van der Waals surface area contributed by atoms with Crippen LogP contribution in [0.5, 0.6) is 0 Å². The largest absolute Gasteiger partial charge is 0.350 e. The third-order valence-electron chi connectivity index (χ3n) is 4.34. The molecular formula is C19H20ClN3O2. The monoisotopic (exact) mass is 357 g/mol. The Morgan fingerprint density at radius 2 is 2.00 bits per heavy atom. The maximum Gasteiger partial charge on any atom is 0.253 e. The predicted octanol–water partition coefficient (Wildman–Crippen LogP) is 2.90. The standard InChI is InChI=1S/C19H20ClN3O2/c20-16-8-6-14(7-9-16)19(25)23-11-3-4-15(13-23)18(24)22-12-17-5-1-2-10-21-17/h1-2,5-10,15H,3-4,11-13H2,(H,22,24)/t15-/m1/s1. The number of pyridine rings is 1. The molecule has 2 aromatic rings. The van der Waals surface area contributed by atoms with Crippen LogP contribution in [0.3, 0.4) is 0 Å². The number of rotatable bonds is 4. The maximum absolute atomic E-state index is 12.6. The van der Waals surface area contributed by atoms with E-state index >= 15 is 0 Å². The molecule has 3 rings (SSSR count). The van der Waals surface area contributed by atoms with Gasteiger partial charge in [0, 0.05) is 29.9 Å². The average Bonchev–Trinajstić information content (AvgIpc) is 2.67. The molecule has 5 nitrogen and oxygen atoms in total. The summed E-state index contributed by atoms with van der Waals surface area (Å²) >= 11 is 5.87. The Labute approximate surface area is 152 Å². The molecule has 0 unspecified atom stereocenters. The van der Waals surface area contributed by atoms with Crippen molar-refractivity contribution in [3.8, 4) is 0 Å². The summed E-state index contributed by atoms with van der Waals surface area (Å²) in [6.45, 7) is 1.52. The summed E-state index contributed by atoms with van der Waals surface area (Å²) in [4.78, 5) is 31.0. The molecule has 0 aliphatic carbocycles. The van der Waals surface area contributed by atoms with Crippen LogP contribution in [0, 0.1) is 5.92 Å². The molecule has 2 heterocycles. The Bertz CT molecular complexity index is 734. The van der Waals surface area contributed by atoms with E-state index in [1.807, 2.05) is 18.2 Å². The zero-order valence-electron chi connectivity index (χ0n) is 13.8. The van der Waals surface area contributed by atoms with Gasteiger partial charge in [-0.3, -0.25) is 14.6 Å². The fraction of sp³-hybridized carbons (Fsp3) is 0.316. The van der Waals surface area contributed by atoms with E-state index in [0.717, 1.165) is 18.5 Å². The van der Waals surface area contributed by atoms with Gasteiger partial charge in [0.05, 0.1) is 18.2 Å². The third kappa shape index (κ3) is 4.57. The van der Waals surface area contributed by atoms with Crippen molar-refractivity contribution in [1.82, 2.24) is 15.2 Å². The highest BCUT2D eigenvalue weighted by molar-refractivity contribution is 6.30. The van der Waals surface area contributed by atoms with Crippen LogP contribution in [0.25, 0.3) is 0 Å². The van der Waals surface area contributed by atoms with Gasteiger partial charge in [-0.05, 0) is 49.2 Å². The minimum atomic E-state index is -0.186. The lowest BCUT2D eigenvalue weighted by Gasteiger charge is -2.32. The number of halogens is 1. The molecule has 1 atom stereocenters. The number of hydrogen-bond donors (Lipinski definition) is 1. The van der Waals surface area contributed by atoms with Gasteiger partial charge in [-0.2, -0.15) is 0 Å². The van der Waals surface area contributed by atoms with Crippen LogP contribution in [0.15, 0.2) is 48.7 Å². The zero-order valence-corrected chi connectivity index (χ0v) is 14.6. The number of carbonyl (C=O) groups is 2. The molecule has 130 valence electrons. The van der Waals surface area contributed by atoms with Crippen LogP contribution in [0.2, 0.25) is 5.02 Å². The molecular weight excluding hydrogens is 338 g/mol. The second kappa shape index (κ2) is 8.12. The van der Waals surface area contributed by atoms with Crippen molar-refractivity contribution < 1.29 is 9.59 Å². The number of likely N-dealkylation sites (tertiary alicyclic amines) is 1. The van der Waals surface area contributed by atoms with Crippen molar-refractivity contribution in [3.05, 3.63) is 64.9 Å². The average molecular weight is 358 g/mol. The van der Waals surface area contributed by atoms with Crippen molar-refractivity contribution >= 4 is 23.4 Å². The van der Waals surface area contributed by atoms with Gasteiger partial charge in [0.25, 0.3) is 5.91 Å². The molecule has 0 radical (unpaired) electrons. The molecule has 25 heavy (non-hydrogen) atoms. The van der Waals surface area contributed by atoms with E-state index in [1.165, 1.54) is 0 Å². The number of nitrogens with zero attached hydrogens (tertiary/aromatic N) is 2. The number of hydrogen-bond acceptors (Lipinski definition) is 3. The topological polar surface area (TPSA) is 62.3 Å². The van der Waals surface area contributed by atoms with E-state index in [2.05, 4.69) is 10.3 Å². The summed E-state index contributed by atoms with van der Waals surface area (Å²) < 4.78 is 0. The maximum atomic E-state index is 12.6. The predicted molar refractivity (Wildman–Crippen MR) is 96.2 cm³/mol. The molecule has 1 fully saturated rings. The van der Waals surface area contributed by atoms with Crippen LogP contribution >= 0.6 is 11.6 Å². The molecule has 1 aromatic heterocycles. The molecule has 0 saturated carbocycles. The number of benzene rings is 1. The quantitative estimate of drug-likeness (QED) is 0.915. The van der Waals surface area contributed by atoms with Gasteiger partial charge in [0.1, 0.15) is 0 Å². The lowest BCUT2D eigenvalue weighted by Crippen LogP contribution is -2.45. The van der Waals surface area contributed by atoms with E-state index in [9.17, 15) is 9.59 Å².